The first-order valence-electron chi connectivity index (χ1n) is 5.57. The van der Waals surface area contributed by atoms with Crippen molar-refractivity contribution in [3.63, 3.8) is 0 Å². The minimum Gasteiger partial charge on any atom is -1.00 e. The molecule has 0 atom stereocenters. The number of halogens is 2. The summed E-state index contributed by atoms with van der Waals surface area (Å²) < 4.78 is 0. The minimum atomic E-state index is 0. The predicted octanol–water partition coefficient (Wildman–Crippen LogP) is -0.513. The third kappa shape index (κ3) is 8.00. The van der Waals surface area contributed by atoms with Gasteiger partial charge in [-0.1, -0.05) is 18.6 Å². The van der Waals surface area contributed by atoms with Crippen LogP contribution >= 0.6 is 0 Å². The maximum absolute atomic E-state index is 2.18. The van der Waals surface area contributed by atoms with E-state index in [0.717, 1.165) is 0 Å². The third-order valence-electron chi connectivity index (χ3n) is 2.80. The average Bonchev–Trinajstić information content (AvgIpc) is 2.94. The summed E-state index contributed by atoms with van der Waals surface area (Å²) in [5.74, 6) is 0. The maximum Gasteiger partial charge on any atom is 4.00 e. The van der Waals surface area contributed by atoms with Gasteiger partial charge in [0, 0.05) is 0 Å². The summed E-state index contributed by atoms with van der Waals surface area (Å²) in [6.45, 7) is 4.31. The molecule has 3 aromatic rings. The first-order chi connectivity index (χ1) is 7.79. The van der Waals surface area contributed by atoms with E-state index in [2.05, 4.69) is 44.2 Å². The van der Waals surface area contributed by atoms with Crippen LogP contribution in [0.2, 0.25) is 0 Å². The molecule has 0 heterocycles. The molecule has 21 heavy (non-hydrogen) atoms. The van der Waals surface area contributed by atoms with E-state index in [9.17, 15) is 0 Å². The molecule has 0 unspecified atom stereocenters. The Morgan fingerprint density at radius 1 is 0.762 bits per heavy atom. The van der Waals surface area contributed by atoms with Crippen LogP contribution < -0.4 is 24.8 Å². The Balaban J connectivity index is -0.000000129. The molecule has 0 N–H and O–H groups in total. The number of aryl methyl sites for hydroxylation is 2. The summed E-state index contributed by atoms with van der Waals surface area (Å²) in [6.07, 6.45) is 0. The fourth-order valence-corrected chi connectivity index (χ4v) is 1.86. The van der Waals surface area contributed by atoms with Crippen LogP contribution in [0, 0.1) is 28.7 Å². The van der Waals surface area contributed by atoms with Crippen molar-refractivity contribution >= 4 is 10.8 Å². The number of rotatable bonds is 0. The fourth-order valence-electron chi connectivity index (χ4n) is 1.86. The van der Waals surface area contributed by atoms with E-state index in [1.165, 1.54) is 21.9 Å². The largest absolute Gasteiger partial charge is 4.00 e. The summed E-state index contributed by atoms with van der Waals surface area (Å²) in [4.78, 5) is 0. The van der Waals surface area contributed by atoms with Crippen molar-refractivity contribution in [3.8, 4) is 0 Å². The summed E-state index contributed by atoms with van der Waals surface area (Å²) in [5.41, 5.74) is 2.74. The molecule has 0 aromatic heterocycles. The number of benzene rings is 1. The van der Waals surface area contributed by atoms with Gasteiger partial charge in [-0.05, 0) is 6.92 Å². The van der Waals surface area contributed by atoms with E-state index >= 15 is 0 Å². The number of hydrogen-bond acceptors (Lipinski definition) is 0. The zero-order valence-corrected chi connectivity index (χ0v) is 17.0. The van der Waals surface area contributed by atoms with Crippen LogP contribution in [0.1, 0.15) is 11.1 Å². The topological polar surface area (TPSA) is 0 Å². The zero-order chi connectivity index (χ0) is 11.4. The van der Waals surface area contributed by atoms with Gasteiger partial charge in [0.15, 0.2) is 0 Å². The summed E-state index contributed by atoms with van der Waals surface area (Å²) >= 11 is 0. The molecule has 0 spiro atoms. The van der Waals surface area contributed by atoms with Gasteiger partial charge in [-0.3, -0.25) is 0 Å². The van der Waals surface area contributed by atoms with Crippen molar-refractivity contribution in [1.29, 1.82) is 0 Å². The molecule has 3 rings (SSSR count). The van der Waals surface area contributed by atoms with Crippen molar-refractivity contribution in [1.82, 2.24) is 0 Å². The van der Waals surface area contributed by atoms with E-state index in [4.69, 9.17) is 0 Å². The summed E-state index contributed by atoms with van der Waals surface area (Å²) in [7, 11) is 0. The Labute approximate surface area is 161 Å². The van der Waals surface area contributed by atoms with Gasteiger partial charge in [0.2, 0.25) is 0 Å². The molecule has 0 fully saturated rings. The van der Waals surface area contributed by atoms with Crippen molar-refractivity contribution in [2.24, 2.45) is 0 Å². The predicted molar refractivity (Wildman–Crippen MR) is 83.9 cm³/mol. The normalized spacial score (nSPS) is 7.52. The van der Waals surface area contributed by atoms with E-state index in [0.29, 0.717) is 0 Å². The molecule has 0 nitrogen and oxygen atoms in total. The van der Waals surface area contributed by atoms with Gasteiger partial charge in [0.25, 0.3) is 0 Å². The minimum absolute atomic E-state index is 0. The Kier molecular flexibility index (Phi) is 20.0. The number of hydrogen-bond donors (Lipinski definition) is 0. The summed E-state index contributed by atoms with van der Waals surface area (Å²) in [5, 5.41) is 2.79. The Morgan fingerprint density at radius 2 is 1.29 bits per heavy atom. The molecule has 0 radical (unpaired) electrons. The zero-order valence-electron chi connectivity index (χ0n) is 13.0. The molecular weight excluding hydrogens is 378 g/mol. The van der Waals surface area contributed by atoms with Gasteiger partial charge < -0.3 is 39.7 Å². The molecule has 0 aliphatic carbocycles. The van der Waals surface area contributed by atoms with Crippen LogP contribution in [0.25, 0.3) is 10.8 Å². The van der Waals surface area contributed by atoms with Crippen molar-refractivity contribution in [3.05, 3.63) is 86.6 Å². The van der Waals surface area contributed by atoms with Gasteiger partial charge in [-0.25, -0.2) is 12.1 Å². The molecular formula is C18H22Cl2Zr-2. The summed E-state index contributed by atoms with van der Waals surface area (Å²) in [6, 6.07) is 20.8. The second-order valence-electron chi connectivity index (χ2n) is 4.01. The van der Waals surface area contributed by atoms with Crippen molar-refractivity contribution in [2.75, 3.05) is 0 Å². The van der Waals surface area contributed by atoms with E-state index in [-0.39, 0.29) is 65.9 Å². The second kappa shape index (κ2) is 14.6. The molecule has 0 aliphatic heterocycles. The smallest absolute Gasteiger partial charge is 1.00 e. The van der Waals surface area contributed by atoms with Crippen molar-refractivity contribution in [2.45, 2.75) is 13.8 Å². The Bertz CT molecular complexity index is 500. The van der Waals surface area contributed by atoms with Crippen molar-refractivity contribution < 1.29 is 51.0 Å². The fraction of sp³-hybridized carbons (Fsp3) is 0.111. The van der Waals surface area contributed by atoms with Crippen LogP contribution in [-0.2, 0) is 26.2 Å². The van der Waals surface area contributed by atoms with E-state index in [1.807, 2.05) is 30.3 Å². The molecule has 3 aromatic carbocycles. The van der Waals surface area contributed by atoms with Crippen LogP contribution in [0.3, 0.4) is 0 Å². The third-order valence-corrected chi connectivity index (χ3v) is 2.80. The first-order valence-corrected chi connectivity index (χ1v) is 5.57. The molecule has 0 amide bonds. The SMILES string of the molecule is Cc1ccc(C)c2[cH-]ccc12.[CH3-].[CH3-].[Cl-].[Cl-].[Zr+4].c1cc[cH-]c1. The van der Waals surface area contributed by atoms with Gasteiger partial charge >= 0.3 is 26.2 Å². The van der Waals surface area contributed by atoms with Gasteiger partial charge in [-0.2, -0.15) is 30.3 Å². The van der Waals surface area contributed by atoms with Gasteiger partial charge in [0.1, 0.15) is 0 Å². The van der Waals surface area contributed by atoms with Crippen LogP contribution in [0.15, 0.2) is 60.7 Å². The number of fused-ring (bicyclic) bond motifs is 1. The average molecular weight is 401 g/mol. The molecule has 114 valence electrons. The van der Waals surface area contributed by atoms with Crippen LogP contribution in [0.4, 0.5) is 0 Å². The maximum atomic E-state index is 2.18. The Hall–Kier alpha value is -0.357. The standard InChI is InChI=1S/C11H11.C5H5.2CH3.2ClH.Zr/c1-8-6-7-9(2)11-5-3-4-10(8)11;1-2-4-5-3-1;;;;;/h3-7H,1-2H3;1-5H;2*1H3;2*1H;/q4*-1;;;+4/p-2. The molecule has 3 heteroatoms. The van der Waals surface area contributed by atoms with Crippen LogP contribution in [0.5, 0.6) is 0 Å². The van der Waals surface area contributed by atoms with Gasteiger partial charge in [0.05, 0.1) is 0 Å². The molecule has 0 aliphatic rings. The molecule has 0 bridgehead atoms. The quantitative estimate of drug-likeness (QED) is 0.446. The van der Waals surface area contributed by atoms with Crippen LogP contribution in [-0.4, -0.2) is 0 Å². The second-order valence-corrected chi connectivity index (χ2v) is 4.01. The first kappa shape index (κ1) is 28.8. The monoisotopic (exact) mass is 398 g/mol. The molecule has 0 saturated heterocycles. The van der Waals surface area contributed by atoms with E-state index in [1.54, 1.807) is 0 Å². The van der Waals surface area contributed by atoms with E-state index < -0.39 is 0 Å². The Morgan fingerprint density at radius 3 is 1.71 bits per heavy atom. The van der Waals surface area contributed by atoms with Gasteiger partial charge in [-0.15, -0.1) is 28.5 Å². The molecule has 0 saturated carbocycles.